The van der Waals surface area contributed by atoms with E-state index in [0.29, 0.717) is 37.3 Å². The van der Waals surface area contributed by atoms with E-state index in [-0.39, 0.29) is 16.4 Å². The fraction of sp³-hybridized carbons (Fsp3) is 0.500. The Morgan fingerprint density at radius 1 is 1.07 bits per heavy atom. The highest BCUT2D eigenvalue weighted by molar-refractivity contribution is 5.70. The van der Waals surface area contributed by atoms with Crippen LogP contribution in [0.4, 0.5) is 17.3 Å². The monoisotopic (exact) mass is 371 g/mol. The first-order valence-corrected chi connectivity index (χ1v) is 9.31. The number of nitro groups is 1. The summed E-state index contributed by atoms with van der Waals surface area (Å²) < 4.78 is 0. The molecular weight excluding hydrogens is 342 g/mol. The van der Waals surface area contributed by atoms with Gasteiger partial charge in [0.15, 0.2) is 0 Å². The first-order valence-electron chi connectivity index (χ1n) is 9.31. The topological polar surface area (TPSA) is 84.2 Å². The van der Waals surface area contributed by atoms with Gasteiger partial charge in [-0.15, -0.1) is 0 Å². The van der Waals surface area contributed by atoms with E-state index in [1.807, 2.05) is 36.1 Å². The van der Waals surface area contributed by atoms with Gasteiger partial charge in [-0.25, -0.2) is 9.97 Å². The largest absolute Gasteiger partial charge is 0.360 e. The first-order chi connectivity index (χ1) is 12.8. The van der Waals surface area contributed by atoms with E-state index in [1.54, 1.807) is 0 Å². The Labute approximate surface area is 161 Å². The molecule has 0 saturated carbocycles. The van der Waals surface area contributed by atoms with Crippen LogP contribution in [0.5, 0.6) is 0 Å². The van der Waals surface area contributed by atoms with E-state index >= 15 is 0 Å². The van der Waals surface area contributed by atoms with Gasteiger partial charge in [0.25, 0.3) is 0 Å². The van der Waals surface area contributed by atoms with E-state index in [1.165, 1.54) is 11.9 Å². The number of rotatable bonds is 9. The van der Waals surface area contributed by atoms with Crippen LogP contribution in [0.3, 0.4) is 0 Å². The van der Waals surface area contributed by atoms with Crippen LogP contribution in [0.2, 0.25) is 0 Å². The molecule has 1 heterocycles. The van der Waals surface area contributed by atoms with Crippen LogP contribution >= 0.6 is 0 Å². The number of anilines is 2. The molecule has 7 heteroatoms. The summed E-state index contributed by atoms with van der Waals surface area (Å²) in [5.41, 5.74) is 2.15. The molecule has 0 aliphatic rings. The van der Waals surface area contributed by atoms with Crippen LogP contribution in [-0.4, -0.2) is 28.0 Å². The van der Waals surface area contributed by atoms with Crippen LogP contribution in [-0.2, 0) is 6.54 Å². The standard InChI is InChI=1S/C20H29N5O2/c1-14(2)11-24(12-15(3)4)20-18(25(26)27)19(22-13-23-20)21-10-17-8-6-16(5)7-9-17/h6-9,13-15H,10-12H2,1-5H3,(H,21,22,23). The molecule has 0 atom stereocenters. The molecule has 1 N–H and O–H groups in total. The van der Waals surface area contributed by atoms with Gasteiger partial charge in [0.2, 0.25) is 11.6 Å². The Morgan fingerprint density at radius 2 is 1.67 bits per heavy atom. The lowest BCUT2D eigenvalue weighted by molar-refractivity contribution is -0.383. The number of aromatic nitrogens is 2. The molecule has 0 spiro atoms. The van der Waals surface area contributed by atoms with Crippen molar-refractivity contribution in [3.8, 4) is 0 Å². The zero-order chi connectivity index (χ0) is 20.0. The molecule has 1 aromatic carbocycles. The maximum Gasteiger partial charge on any atom is 0.353 e. The number of nitrogens with zero attached hydrogens (tertiary/aromatic N) is 4. The third kappa shape index (κ3) is 5.91. The predicted octanol–water partition coefficient (Wildman–Crippen LogP) is 4.42. The molecular formula is C20H29N5O2. The van der Waals surface area contributed by atoms with Crippen molar-refractivity contribution in [3.63, 3.8) is 0 Å². The zero-order valence-electron chi connectivity index (χ0n) is 16.8. The highest BCUT2D eigenvalue weighted by Gasteiger charge is 2.27. The van der Waals surface area contributed by atoms with Gasteiger partial charge in [-0.3, -0.25) is 10.1 Å². The smallest absolute Gasteiger partial charge is 0.353 e. The second-order valence-electron chi connectivity index (χ2n) is 7.68. The van der Waals surface area contributed by atoms with Gasteiger partial charge < -0.3 is 10.2 Å². The Kier molecular flexibility index (Phi) is 7.10. The molecule has 0 aliphatic heterocycles. The Hall–Kier alpha value is -2.70. The molecule has 0 bridgehead atoms. The van der Waals surface area contributed by atoms with Crippen molar-refractivity contribution in [2.24, 2.45) is 11.8 Å². The minimum atomic E-state index is -0.388. The van der Waals surface area contributed by atoms with Gasteiger partial charge in [0.05, 0.1) is 4.92 Å². The van der Waals surface area contributed by atoms with Crippen molar-refractivity contribution >= 4 is 17.3 Å². The predicted molar refractivity (Wildman–Crippen MR) is 109 cm³/mol. The molecule has 1 aromatic heterocycles. The summed E-state index contributed by atoms with van der Waals surface area (Å²) in [4.78, 5) is 21.8. The van der Waals surface area contributed by atoms with Gasteiger partial charge in [-0.05, 0) is 24.3 Å². The van der Waals surface area contributed by atoms with E-state index in [0.717, 1.165) is 5.56 Å². The first kappa shape index (κ1) is 20.6. The van der Waals surface area contributed by atoms with Crippen LogP contribution in [0.1, 0.15) is 38.8 Å². The molecule has 27 heavy (non-hydrogen) atoms. The minimum absolute atomic E-state index is 0.0640. The second-order valence-corrected chi connectivity index (χ2v) is 7.68. The molecule has 0 fully saturated rings. The summed E-state index contributed by atoms with van der Waals surface area (Å²) in [7, 11) is 0. The van der Waals surface area contributed by atoms with Crippen LogP contribution in [0, 0.1) is 28.9 Å². The molecule has 2 aromatic rings. The van der Waals surface area contributed by atoms with Crippen molar-refractivity contribution in [3.05, 3.63) is 51.8 Å². The lowest BCUT2D eigenvalue weighted by Crippen LogP contribution is -2.32. The van der Waals surface area contributed by atoms with E-state index in [4.69, 9.17) is 0 Å². The van der Waals surface area contributed by atoms with Crippen molar-refractivity contribution in [1.82, 2.24) is 9.97 Å². The second kappa shape index (κ2) is 9.30. The van der Waals surface area contributed by atoms with Gasteiger partial charge in [0, 0.05) is 19.6 Å². The number of hydrogen-bond acceptors (Lipinski definition) is 6. The fourth-order valence-corrected chi connectivity index (χ4v) is 2.92. The van der Waals surface area contributed by atoms with Crippen molar-refractivity contribution in [2.45, 2.75) is 41.2 Å². The maximum absolute atomic E-state index is 11.8. The molecule has 7 nitrogen and oxygen atoms in total. The third-order valence-electron chi connectivity index (χ3n) is 4.04. The van der Waals surface area contributed by atoms with E-state index in [2.05, 4.69) is 43.0 Å². The van der Waals surface area contributed by atoms with Crippen LogP contribution < -0.4 is 10.2 Å². The number of benzene rings is 1. The number of nitrogens with one attached hydrogen (secondary N) is 1. The maximum atomic E-state index is 11.8. The fourth-order valence-electron chi connectivity index (χ4n) is 2.92. The molecule has 146 valence electrons. The number of hydrogen-bond donors (Lipinski definition) is 1. The van der Waals surface area contributed by atoms with E-state index < -0.39 is 0 Å². The van der Waals surface area contributed by atoms with Crippen molar-refractivity contribution in [2.75, 3.05) is 23.3 Å². The molecule has 0 aliphatic carbocycles. The van der Waals surface area contributed by atoms with Crippen molar-refractivity contribution < 1.29 is 4.92 Å². The van der Waals surface area contributed by atoms with Crippen molar-refractivity contribution in [1.29, 1.82) is 0 Å². The van der Waals surface area contributed by atoms with Gasteiger partial charge in [0.1, 0.15) is 6.33 Å². The summed E-state index contributed by atoms with van der Waals surface area (Å²) in [6.45, 7) is 12.3. The summed E-state index contributed by atoms with van der Waals surface area (Å²) in [6.07, 6.45) is 1.40. The highest BCUT2D eigenvalue weighted by atomic mass is 16.6. The lowest BCUT2D eigenvalue weighted by atomic mass is 10.1. The molecule has 0 amide bonds. The quantitative estimate of drug-likeness (QED) is 0.519. The van der Waals surface area contributed by atoms with Gasteiger partial charge in [-0.1, -0.05) is 57.5 Å². The SMILES string of the molecule is Cc1ccc(CNc2ncnc(N(CC(C)C)CC(C)C)c2[N+](=O)[O-])cc1. The molecule has 0 radical (unpaired) electrons. The normalized spacial score (nSPS) is 11.1. The zero-order valence-corrected chi connectivity index (χ0v) is 16.8. The Balaban J connectivity index is 2.33. The summed E-state index contributed by atoms with van der Waals surface area (Å²) in [5, 5.41) is 14.9. The van der Waals surface area contributed by atoms with Crippen LogP contribution in [0.15, 0.2) is 30.6 Å². The average molecular weight is 371 g/mol. The summed E-state index contributed by atoms with van der Waals surface area (Å²) >= 11 is 0. The average Bonchev–Trinajstić information content (AvgIpc) is 2.59. The highest BCUT2D eigenvalue weighted by Crippen LogP contribution is 2.33. The summed E-state index contributed by atoms with van der Waals surface area (Å²) in [6, 6.07) is 8.04. The van der Waals surface area contributed by atoms with Gasteiger partial charge in [-0.2, -0.15) is 0 Å². The Morgan fingerprint density at radius 3 is 2.19 bits per heavy atom. The molecule has 0 saturated heterocycles. The lowest BCUT2D eigenvalue weighted by Gasteiger charge is -2.27. The van der Waals surface area contributed by atoms with Crippen LogP contribution in [0.25, 0.3) is 0 Å². The molecule has 0 unspecified atom stereocenters. The van der Waals surface area contributed by atoms with E-state index in [9.17, 15) is 10.1 Å². The third-order valence-corrected chi connectivity index (χ3v) is 4.04. The minimum Gasteiger partial charge on any atom is -0.360 e. The summed E-state index contributed by atoms with van der Waals surface area (Å²) in [5.74, 6) is 1.36. The number of aryl methyl sites for hydroxylation is 1. The van der Waals surface area contributed by atoms with Gasteiger partial charge >= 0.3 is 5.69 Å². The molecule has 2 rings (SSSR count). The Bertz CT molecular complexity index is 749.